The summed E-state index contributed by atoms with van der Waals surface area (Å²) in [5.41, 5.74) is 12.3. The van der Waals surface area contributed by atoms with Crippen molar-refractivity contribution >= 4 is 49.2 Å². The molecule has 0 aliphatic rings. The van der Waals surface area contributed by atoms with Crippen LogP contribution in [-0.4, -0.2) is 24.4 Å². The molecule has 2 heterocycles. The number of nitrogens with one attached hydrogen (secondary N) is 2. The topological polar surface area (TPSA) is 95.7 Å². The summed E-state index contributed by atoms with van der Waals surface area (Å²) in [4.78, 5) is 12.1. The molecule has 6 nitrogen and oxygen atoms in total. The van der Waals surface area contributed by atoms with Crippen LogP contribution in [-0.2, 0) is 0 Å². The Bertz CT molecular complexity index is 1030. The first-order chi connectivity index (χ1) is 11.7. The van der Waals surface area contributed by atoms with E-state index in [1.807, 2.05) is 36.4 Å². The average molecular weight is 428 g/mol. The molecule has 4 N–H and O–H groups in total. The smallest absolute Gasteiger partial charge is 0.156 e. The maximum Gasteiger partial charge on any atom is 0.156 e. The van der Waals surface area contributed by atoms with Crippen LogP contribution in [0.25, 0.3) is 33.7 Å². The summed E-state index contributed by atoms with van der Waals surface area (Å²) in [5.74, 6) is 0.769. The lowest BCUT2D eigenvalue weighted by molar-refractivity contribution is 1.08. The van der Waals surface area contributed by atoms with Crippen molar-refractivity contribution in [3.05, 3.63) is 48.7 Å². The maximum absolute atomic E-state index is 6.08. The van der Waals surface area contributed by atoms with Crippen molar-refractivity contribution in [1.29, 1.82) is 0 Å². The van der Waals surface area contributed by atoms with E-state index in [2.05, 4.69) is 53.8 Å². The molecular weight excluding hydrogens is 415 g/mol. The van der Waals surface area contributed by atoms with Gasteiger partial charge in [-0.3, -0.25) is 5.10 Å². The lowest BCUT2D eigenvalue weighted by atomic mass is 10.0. The summed E-state index contributed by atoms with van der Waals surface area (Å²) in [6.07, 6.45) is 1.70. The molecule has 0 aliphatic heterocycles. The van der Waals surface area contributed by atoms with Gasteiger partial charge in [0.1, 0.15) is 5.69 Å². The normalized spacial score (nSPS) is 11.5. The molecule has 2 aromatic carbocycles. The van der Waals surface area contributed by atoms with Crippen LogP contribution in [0.1, 0.15) is 0 Å². The van der Waals surface area contributed by atoms with Gasteiger partial charge in [0.25, 0.3) is 0 Å². The minimum absolute atomic E-state index is 0.656. The lowest BCUT2D eigenvalue weighted by Gasteiger charge is -2.05. The van der Waals surface area contributed by atoms with E-state index in [0.29, 0.717) is 5.69 Å². The van der Waals surface area contributed by atoms with Crippen LogP contribution in [0.2, 0.25) is 0 Å². The van der Waals surface area contributed by atoms with Gasteiger partial charge in [0.15, 0.2) is 5.82 Å². The number of nitrogens with two attached hydrogens (primary N) is 1. The van der Waals surface area contributed by atoms with Crippen molar-refractivity contribution in [2.45, 2.75) is 0 Å². The second-order valence-electron chi connectivity index (χ2n) is 5.29. The van der Waals surface area contributed by atoms with E-state index in [9.17, 15) is 0 Å². The fourth-order valence-corrected chi connectivity index (χ4v) is 2.91. The molecule has 0 unspecified atom stereocenters. The summed E-state index contributed by atoms with van der Waals surface area (Å²) >= 11 is 2.08. The predicted octanol–water partition coefficient (Wildman–Crippen LogP) is 4.30. The quantitative estimate of drug-likeness (QED) is 0.258. The maximum atomic E-state index is 6.08. The molecule has 0 saturated heterocycles. The predicted molar refractivity (Wildman–Crippen MR) is 106 cm³/mol. The number of nitrogen functional groups attached to an aromatic ring is 1. The molecule has 0 amide bonds. The second-order valence-corrected chi connectivity index (χ2v) is 5.85. The molecule has 0 saturated carbocycles. The second kappa shape index (κ2) is 6.08. The van der Waals surface area contributed by atoms with Crippen molar-refractivity contribution in [2.75, 3.05) is 5.73 Å². The van der Waals surface area contributed by atoms with E-state index < -0.39 is 0 Å². The molecule has 2 aromatic heterocycles. The molecule has 4 rings (SSSR count). The third-order valence-corrected chi connectivity index (χ3v) is 4.07. The van der Waals surface area contributed by atoms with Gasteiger partial charge in [-0.25, -0.2) is 9.98 Å². The molecule has 0 spiro atoms. The number of halogens is 1. The molecule has 0 aliphatic carbocycles. The molecule has 0 atom stereocenters. The summed E-state index contributed by atoms with van der Waals surface area (Å²) in [6.45, 7) is 0. The lowest BCUT2D eigenvalue weighted by Crippen LogP contribution is -1.87. The number of imidazole rings is 1. The SMILES string of the molecule is Nc1cc(-c2ccc3nc(-c4ccn[nH]4)[nH]c3c2)ccc1N=CI. The van der Waals surface area contributed by atoms with E-state index in [4.69, 9.17) is 5.73 Å². The first kappa shape index (κ1) is 14.9. The van der Waals surface area contributed by atoms with Gasteiger partial charge in [0.2, 0.25) is 0 Å². The Morgan fingerprint density at radius 2 is 1.92 bits per heavy atom. The number of aromatic amines is 2. The Morgan fingerprint density at radius 3 is 2.67 bits per heavy atom. The molecule has 7 heteroatoms. The monoisotopic (exact) mass is 428 g/mol. The fraction of sp³-hybridized carbons (Fsp3) is 0. The Kier molecular flexibility index (Phi) is 3.77. The number of aliphatic imine (C=N–C) groups is 1. The van der Waals surface area contributed by atoms with Gasteiger partial charge in [0.05, 0.1) is 26.6 Å². The first-order valence-electron chi connectivity index (χ1n) is 7.27. The van der Waals surface area contributed by atoms with E-state index in [0.717, 1.165) is 39.4 Å². The van der Waals surface area contributed by atoms with E-state index in [1.165, 1.54) is 0 Å². The number of aromatic nitrogens is 4. The van der Waals surface area contributed by atoms with Gasteiger partial charge in [-0.15, -0.1) is 0 Å². The van der Waals surface area contributed by atoms with Gasteiger partial charge in [-0.2, -0.15) is 5.10 Å². The number of hydrogen-bond donors (Lipinski definition) is 3. The Labute approximate surface area is 151 Å². The molecular formula is C17H13IN6. The summed E-state index contributed by atoms with van der Waals surface area (Å²) in [7, 11) is 0. The van der Waals surface area contributed by atoms with Crippen molar-refractivity contribution in [2.24, 2.45) is 4.99 Å². The van der Waals surface area contributed by atoms with Crippen molar-refractivity contribution < 1.29 is 0 Å². The zero-order chi connectivity index (χ0) is 16.5. The third kappa shape index (κ3) is 2.67. The Hall–Kier alpha value is -2.68. The molecule has 0 radical (unpaired) electrons. The van der Waals surface area contributed by atoms with Crippen molar-refractivity contribution in [3.63, 3.8) is 0 Å². The zero-order valence-electron chi connectivity index (χ0n) is 12.5. The highest BCUT2D eigenvalue weighted by molar-refractivity contribution is 14.1. The van der Waals surface area contributed by atoms with E-state index in [1.54, 1.807) is 10.4 Å². The van der Waals surface area contributed by atoms with Crippen LogP contribution in [0.3, 0.4) is 0 Å². The van der Waals surface area contributed by atoms with Crippen LogP contribution < -0.4 is 5.73 Å². The number of rotatable bonds is 3. The van der Waals surface area contributed by atoms with Crippen LogP contribution in [0.5, 0.6) is 0 Å². The summed E-state index contributed by atoms with van der Waals surface area (Å²) in [5, 5.41) is 6.87. The summed E-state index contributed by atoms with van der Waals surface area (Å²) in [6, 6.07) is 13.9. The van der Waals surface area contributed by atoms with Crippen molar-refractivity contribution in [1.82, 2.24) is 20.2 Å². The molecule has 24 heavy (non-hydrogen) atoms. The fourth-order valence-electron chi connectivity index (χ4n) is 2.61. The Balaban J connectivity index is 1.76. The summed E-state index contributed by atoms with van der Waals surface area (Å²) < 4.78 is 1.71. The van der Waals surface area contributed by atoms with Gasteiger partial charge in [-0.05, 0) is 64.0 Å². The number of benzene rings is 2. The van der Waals surface area contributed by atoms with E-state index >= 15 is 0 Å². The Morgan fingerprint density at radius 1 is 1.08 bits per heavy atom. The van der Waals surface area contributed by atoms with Gasteiger partial charge >= 0.3 is 0 Å². The molecule has 0 fully saturated rings. The highest BCUT2D eigenvalue weighted by Crippen LogP contribution is 2.30. The zero-order valence-corrected chi connectivity index (χ0v) is 14.7. The van der Waals surface area contributed by atoms with Crippen LogP contribution in [0, 0.1) is 0 Å². The number of nitrogens with zero attached hydrogens (tertiary/aromatic N) is 3. The van der Waals surface area contributed by atoms with Crippen LogP contribution >= 0.6 is 22.6 Å². The van der Waals surface area contributed by atoms with Crippen LogP contribution in [0.15, 0.2) is 53.7 Å². The van der Waals surface area contributed by atoms with E-state index in [-0.39, 0.29) is 0 Å². The van der Waals surface area contributed by atoms with Gasteiger partial charge in [-0.1, -0.05) is 12.1 Å². The van der Waals surface area contributed by atoms with Gasteiger partial charge in [0, 0.05) is 6.20 Å². The molecule has 0 bridgehead atoms. The third-order valence-electron chi connectivity index (χ3n) is 3.79. The molecule has 4 aromatic rings. The largest absolute Gasteiger partial charge is 0.397 e. The first-order valence-corrected chi connectivity index (χ1v) is 8.51. The standard InChI is InChI=1S/C17H13IN6/c18-9-20-13-3-1-10(7-12(13)19)11-2-4-14-16(8-11)23-17(22-14)15-5-6-21-24-15/h1-9H,19H2,(H,21,24)(H,22,23). The van der Waals surface area contributed by atoms with Crippen LogP contribution in [0.4, 0.5) is 11.4 Å². The van der Waals surface area contributed by atoms with Gasteiger partial charge < -0.3 is 10.7 Å². The number of anilines is 1. The number of fused-ring (bicyclic) bond motifs is 1. The number of H-pyrrole nitrogens is 2. The minimum Gasteiger partial charge on any atom is -0.397 e. The van der Waals surface area contributed by atoms with Crippen molar-refractivity contribution in [3.8, 4) is 22.6 Å². The highest BCUT2D eigenvalue weighted by Gasteiger charge is 2.08. The highest BCUT2D eigenvalue weighted by atomic mass is 127. The minimum atomic E-state index is 0.656. The molecule has 118 valence electrons. The number of hydrogen-bond acceptors (Lipinski definition) is 4. The average Bonchev–Trinajstić information content (AvgIpc) is 3.25.